The summed E-state index contributed by atoms with van der Waals surface area (Å²) in [7, 11) is 2.05. The minimum absolute atomic E-state index is 0.0130. The van der Waals surface area contributed by atoms with Crippen molar-refractivity contribution in [1.82, 2.24) is 15.2 Å². The number of likely N-dealkylation sites (tertiary alicyclic amines) is 1. The molecule has 1 aliphatic rings. The molecule has 1 aromatic carbocycles. The Morgan fingerprint density at radius 3 is 2.96 bits per heavy atom. The van der Waals surface area contributed by atoms with E-state index < -0.39 is 0 Å². The molecular formula is C18H23N3OS. The molecule has 1 N–H and O–H groups in total. The fourth-order valence-corrected chi connectivity index (χ4v) is 3.84. The number of hydrogen-bond acceptors (Lipinski definition) is 4. The molecule has 1 fully saturated rings. The lowest BCUT2D eigenvalue weighted by Crippen LogP contribution is -2.44. The lowest BCUT2D eigenvalue weighted by Gasteiger charge is -2.24. The number of aromatic nitrogens is 1. The summed E-state index contributed by atoms with van der Waals surface area (Å²) in [6, 6.07) is 10.2. The molecule has 5 heteroatoms. The van der Waals surface area contributed by atoms with Crippen LogP contribution in [0.25, 0.3) is 10.6 Å². The molecular weight excluding hydrogens is 306 g/mol. The second-order valence-electron chi connectivity index (χ2n) is 6.06. The fraction of sp³-hybridized carbons (Fsp3) is 0.444. The lowest BCUT2D eigenvalue weighted by atomic mass is 10.1. The van der Waals surface area contributed by atoms with Gasteiger partial charge in [0, 0.05) is 16.6 Å². The van der Waals surface area contributed by atoms with Crippen molar-refractivity contribution in [2.24, 2.45) is 0 Å². The summed E-state index contributed by atoms with van der Waals surface area (Å²) in [5.41, 5.74) is 1.12. The predicted octanol–water partition coefficient (Wildman–Crippen LogP) is 3.30. The zero-order chi connectivity index (χ0) is 16.1. The van der Waals surface area contributed by atoms with Crippen molar-refractivity contribution >= 4 is 17.2 Å². The predicted molar refractivity (Wildman–Crippen MR) is 94.3 cm³/mol. The Morgan fingerprint density at radius 1 is 1.30 bits per heavy atom. The van der Waals surface area contributed by atoms with Crippen LogP contribution in [0.1, 0.15) is 30.6 Å². The highest BCUT2D eigenvalue weighted by molar-refractivity contribution is 7.15. The van der Waals surface area contributed by atoms with Crippen LogP contribution in [0.5, 0.6) is 0 Å². The van der Waals surface area contributed by atoms with Gasteiger partial charge in [-0.05, 0) is 26.4 Å². The molecule has 1 saturated heterocycles. The van der Waals surface area contributed by atoms with Crippen molar-refractivity contribution in [3.8, 4) is 10.6 Å². The zero-order valence-corrected chi connectivity index (χ0v) is 14.3. The third kappa shape index (κ3) is 4.18. The van der Waals surface area contributed by atoms with Gasteiger partial charge >= 0.3 is 0 Å². The quantitative estimate of drug-likeness (QED) is 0.936. The normalized spacial score (nSPS) is 19.3. The van der Waals surface area contributed by atoms with E-state index in [2.05, 4.69) is 34.4 Å². The molecule has 0 unspecified atom stereocenters. The highest BCUT2D eigenvalue weighted by atomic mass is 32.1. The van der Waals surface area contributed by atoms with E-state index in [9.17, 15) is 4.79 Å². The molecule has 1 aromatic heterocycles. The fourth-order valence-electron chi connectivity index (χ4n) is 2.98. The first-order chi connectivity index (χ1) is 11.2. The molecule has 23 heavy (non-hydrogen) atoms. The number of likely N-dealkylation sites (N-methyl/N-ethyl adjacent to an activating group) is 1. The van der Waals surface area contributed by atoms with Gasteiger partial charge in [-0.3, -0.25) is 9.69 Å². The summed E-state index contributed by atoms with van der Waals surface area (Å²) in [5, 5.41) is 4.08. The topological polar surface area (TPSA) is 45.2 Å². The van der Waals surface area contributed by atoms with Crippen molar-refractivity contribution in [3.63, 3.8) is 0 Å². The van der Waals surface area contributed by atoms with Crippen LogP contribution < -0.4 is 5.32 Å². The van der Waals surface area contributed by atoms with Crippen LogP contribution in [0, 0.1) is 0 Å². The van der Waals surface area contributed by atoms with Crippen LogP contribution in [0.2, 0.25) is 0 Å². The van der Waals surface area contributed by atoms with Gasteiger partial charge in [-0.15, -0.1) is 11.3 Å². The van der Waals surface area contributed by atoms with Crippen molar-refractivity contribution in [2.45, 2.75) is 38.3 Å². The third-order valence-electron chi connectivity index (χ3n) is 4.33. The maximum absolute atomic E-state index is 12.4. The van der Waals surface area contributed by atoms with Crippen molar-refractivity contribution in [1.29, 1.82) is 0 Å². The van der Waals surface area contributed by atoms with Gasteiger partial charge in [0.15, 0.2) is 0 Å². The first-order valence-electron chi connectivity index (χ1n) is 8.22. The van der Waals surface area contributed by atoms with E-state index >= 15 is 0 Å². The minimum Gasteiger partial charge on any atom is -0.350 e. The van der Waals surface area contributed by atoms with Gasteiger partial charge in [-0.1, -0.05) is 43.2 Å². The maximum atomic E-state index is 12.4. The average Bonchev–Trinajstić information content (AvgIpc) is 2.95. The van der Waals surface area contributed by atoms with E-state index in [-0.39, 0.29) is 11.9 Å². The molecule has 0 aliphatic carbocycles. The molecule has 3 rings (SSSR count). The molecule has 0 spiro atoms. The number of hydrogen-bond donors (Lipinski definition) is 1. The van der Waals surface area contributed by atoms with Gasteiger partial charge in [0.25, 0.3) is 0 Å². The summed E-state index contributed by atoms with van der Waals surface area (Å²) in [4.78, 5) is 20.2. The second kappa shape index (κ2) is 7.70. The Bertz CT molecular complexity index is 641. The zero-order valence-electron chi connectivity index (χ0n) is 13.5. The summed E-state index contributed by atoms with van der Waals surface area (Å²) in [6.07, 6.45) is 6.38. The number of nitrogens with one attached hydrogen (secondary N) is 1. The molecule has 122 valence electrons. The first-order valence-corrected chi connectivity index (χ1v) is 9.04. The Balaban J connectivity index is 1.58. The summed E-state index contributed by atoms with van der Waals surface area (Å²) in [6.45, 7) is 1.57. The molecule has 1 aliphatic heterocycles. The molecule has 0 saturated carbocycles. The van der Waals surface area contributed by atoms with Crippen molar-refractivity contribution in [2.75, 3.05) is 13.6 Å². The Labute approximate surface area is 141 Å². The van der Waals surface area contributed by atoms with Gasteiger partial charge in [0.05, 0.1) is 12.6 Å². The van der Waals surface area contributed by atoms with Gasteiger partial charge in [-0.25, -0.2) is 4.98 Å². The highest BCUT2D eigenvalue weighted by Gasteiger charge is 2.24. The van der Waals surface area contributed by atoms with Crippen LogP contribution in [-0.4, -0.2) is 35.4 Å². The van der Waals surface area contributed by atoms with Gasteiger partial charge in [-0.2, -0.15) is 0 Å². The van der Waals surface area contributed by atoms with E-state index in [1.54, 1.807) is 11.3 Å². The summed E-state index contributed by atoms with van der Waals surface area (Å²) >= 11 is 1.64. The highest BCUT2D eigenvalue weighted by Crippen LogP contribution is 2.24. The summed E-state index contributed by atoms with van der Waals surface area (Å²) < 4.78 is 0. The molecule has 0 radical (unpaired) electrons. The number of thiazole rings is 1. The van der Waals surface area contributed by atoms with Crippen LogP contribution >= 0.6 is 11.3 Å². The molecule has 2 aromatic rings. The molecule has 2 heterocycles. The van der Waals surface area contributed by atoms with E-state index in [4.69, 9.17) is 0 Å². The van der Waals surface area contributed by atoms with E-state index in [1.165, 1.54) is 12.8 Å². The van der Waals surface area contributed by atoms with E-state index in [0.717, 1.165) is 34.8 Å². The second-order valence-corrected chi connectivity index (χ2v) is 7.18. The Kier molecular flexibility index (Phi) is 5.41. The standard InChI is InChI=1S/C18H23N3OS/c1-21-11-7-3-6-10-16(21)17(22)19-12-15-13-20-18(23-15)14-8-4-2-5-9-14/h2,4-5,8-9,13,16H,3,6-7,10-12H2,1H3,(H,19,22)/t16-/m1/s1. The monoisotopic (exact) mass is 329 g/mol. The average molecular weight is 329 g/mol. The number of carbonyl (C=O) groups is 1. The van der Waals surface area contributed by atoms with E-state index in [0.29, 0.717) is 6.54 Å². The number of carbonyl (C=O) groups excluding carboxylic acids is 1. The summed E-state index contributed by atoms with van der Waals surface area (Å²) in [5.74, 6) is 0.143. The largest absolute Gasteiger partial charge is 0.350 e. The van der Waals surface area contributed by atoms with Gasteiger partial charge in [0.2, 0.25) is 5.91 Å². The minimum atomic E-state index is 0.0130. The smallest absolute Gasteiger partial charge is 0.237 e. The van der Waals surface area contributed by atoms with Crippen molar-refractivity contribution in [3.05, 3.63) is 41.4 Å². The number of benzene rings is 1. The van der Waals surface area contributed by atoms with Crippen LogP contribution in [0.15, 0.2) is 36.5 Å². The van der Waals surface area contributed by atoms with Crippen LogP contribution in [0.4, 0.5) is 0 Å². The first kappa shape index (κ1) is 16.1. The van der Waals surface area contributed by atoms with Gasteiger partial charge < -0.3 is 5.32 Å². The van der Waals surface area contributed by atoms with Crippen LogP contribution in [-0.2, 0) is 11.3 Å². The Morgan fingerprint density at radius 2 is 2.13 bits per heavy atom. The SMILES string of the molecule is CN1CCCCC[C@@H]1C(=O)NCc1cnc(-c2ccccc2)s1. The maximum Gasteiger partial charge on any atom is 0.237 e. The number of amides is 1. The van der Waals surface area contributed by atoms with Crippen LogP contribution in [0.3, 0.4) is 0 Å². The Hall–Kier alpha value is -1.72. The molecule has 4 nitrogen and oxygen atoms in total. The lowest BCUT2D eigenvalue weighted by molar-refractivity contribution is -0.126. The molecule has 0 bridgehead atoms. The van der Waals surface area contributed by atoms with Crippen molar-refractivity contribution < 1.29 is 4.79 Å². The third-order valence-corrected chi connectivity index (χ3v) is 5.38. The molecule has 1 amide bonds. The van der Waals surface area contributed by atoms with Gasteiger partial charge in [0.1, 0.15) is 5.01 Å². The number of nitrogens with zero attached hydrogens (tertiary/aromatic N) is 2. The van der Waals surface area contributed by atoms with E-state index in [1.807, 2.05) is 24.4 Å². The molecule has 1 atom stereocenters. The number of rotatable bonds is 4.